The predicted octanol–water partition coefficient (Wildman–Crippen LogP) is 6.57. The van der Waals surface area contributed by atoms with E-state index < -0.39 is 8.32 Å². The molecule has 7 nitrogen and oxygen atoms in total. The number of aryl methyl sites for hydroxylation is 3. The van der Waals surface area contributed by atoms with Crippen LogP contribution in [0.1, 0.15) is 61.6 Å². The molecule has 8 heteroatoms. The van der Waals surface area contributed by atoms with Gasteiger partial charge in [-0.2, -0.15) is 5.10 Å². The van der Waals surface area contributed by atoms with Crippen molar-refractivity contribution in [3.63, 3.8) is 0 Å². The highest BCUT2D eigenvalue weighted by Crippen LogP contribution is 2.39. The van der Waals surface area contributed by atoms with E-state index in [9.17, 15) is 4.79 Å². The number of aromatic nitrogens is 3. The summed E-state index contributed by atoms with van der Waals surface area (Å²) in [6, 6.07) is 6.35. The van der Waals surface area contributed by atoms with E-state index >= 15 is 0 Å². The lowest BCUT2D eigenvalue weighted by Crippen LogP contribution is -2.41. The molecule has 4 rings (SSSR count). The van der Waals surface area contributed by atoms with E-state index in [0.29, 0.717) is 38.7 Å². The molecule has 0 spiro atoms. The van der Waals surface area contributed by atoms with E-state index in [1.807, 2.05) is 31.7 Å². The minimum atomic E-state index is -1.85. The Balaban J connectivity index is 1.86. The Bertz CT molecular complexity index is 1340. The standard InChI is InChI=1S/C30H43N3O4Si/c1-9-36-29(34)28-23(16-13-19-37-38(7,8)30(3,4)5)22-14-12-15-24-26-21(2)31-32(6)25(26)20-35-18-11-10-17-33(28)27(22)24/h10-12,14-15H,9,13,16-20H2,1-8H3/b11-10-. The molecule has 206 valence electrons. The van der Waals surface area contributed by atoms with Crippen molar-refractivity contribution in [3.05, 3.63) is 53.0 Å². The molecule has 0 saturated carbocycles. The maximum atomic E-state index is 13.5. The Morgan fingerprint density at radius 3 is 2.68 bits per heavy atom. The third-order valence-corrected chi connectivity index (χ3v) is 12.6. The highest BCUT2D eigenvalue weighted by Gasteiger charge is 2.37. The summed E-state index contributed by atoms with van der Waals surface area (Å²) in [4.78, 5) is 13.5. The first-order valence-electron chi connectivity index (χ1n) is 13.7. The smallest absolute Gasteiger partial charge is 0.355 e. The summed E-state index contributed by atoms with van der Waals surface area (Å²) >= 11 is 0. The van der Waals surface area contributed by atoms with Gasteiger partial charge in [0.05, 0.1) is 36.7 Å². The van der Waals surface area contributed by atoms with Crippen molar-refractivity contribution >= 4 is 25.2 Å². The minimum Gasteiger partial charge on any atom is -0.461 e. The molecule has 0 fully saturated rings. The van der Waals surface area contributed by atoms with Crippen LogP contribution in [0.5, 0.6) is 0 Å². The molecule has 0 atom stereocenters. The van der Waals surface area contributed by atoms with Gasteiger partial charge in [0.15, 0.2) is 8.32 Å². The van der Waals surface area contributed by atoms with Crippen LogP contribution in [0, 0.1) is 6.92 Å². The molecule has 2 aromatic heterocycles. The van der Waals surface area contributed by atoms with Crippen LogP contribution in [-0.2, 0) is 40.5 Å². The molecule has 1 aromatic carbocycles. The number of fused-ring (bicyclic) bond motifs is 2. The highest BCUT2D eigenvalue weighted by atomic mass is 28.4. The predicted molar refractivity (Wildman–Crippen MR) is 155 cm³/mol. The fourth-order valence-corrected chi connectivity index (χ4v) is 6.12. The fourth-order valence-electron chi connectivity index (χ4n) is 5.04. The first kappa shape index (κ1) is 28.3. The maximum absolute atomic E-state index is 13.5. The van der Waals surface area contributed by atoms with Crippen LogP contribution in [0.15, 0.2) is 30.4 Å². The summed E-state index contributed by atoms with van der Waals surface area (Å²) in [5, 5.41) is 5.97. The van der Waals surface area contributed by atoms with Crippen molar-refractivity contribution in [2.24, 2.45) is 7.05 Å². The lowest BCUT2D eigenvalue weighted by Gasteiger charge is -2.36. The number of carbonyl (C=O) groups excluding carboxylic acids is 1. The third-order valence-electron chi connectivity index (χ3n) is 8.01. The van der Waals surface area contributed by atoms with Crippen molar-refractivity contribution in [3.8, 4) is 11.1 Å². The van der Waals surface area contributed by atoms with E-state index in [2.05, 4.69) is 62.7 Å². The van der Waals surface area contributed by atoms with Crippen molar-refractivity contribution in [1.29, 1.82) is 0 Å². The fraction of sp³-hybridized carbons (Fsp3) is 0.533. The zero-order valence-electron chi connectivity index (χ0n) is 24.3. The normalized spacial score (nSPS) is 15.3. The third kappa shape index (κ3) is 5.39. The van der Waals surface area contributed by atoms with Gasteiger partial charge in [-0.05, 0) is 50.4 Å². The zero-order valence-corrected chi connectivity index (χ0v) is 25.3. The number of carbonyl (C=O) groups is 1. The van der Waals surface area contributed by atoms with Crippen LogP contribution < -0.4 is 0 Å². The monoisotopic (exact) mass is 537 g/mol. The average molecular weight is 538 g/mol. The summed E-state index contributed by atoms with van der Waals surface area (Å²) in [5.41, 5.74) is 6.82. The van der Waals surface area contributed by atoms with Gasteiger partial charge in [0, 0.05) is 36.7 Å². The number of hydrogen-bond acceptors (Lipinski definition) is 5. The zero-order chi connectivity index (χ0) is 27.7. The molecule has 0 saturated heterocycles. The molecule has 3 aromatic rings. The molecular weight excluding hydrogens is 494 g/mol. The Kier molecular flexibility index (Phi) is 8.35. The van der Waals surface area contributed by atoms with E-state index in [4.69, 9.17) is 19.0 Å². The minimum absolute atomic E-state index is 0.161. The number of para-hydroxylation sites is 1. The first-order chi connectivity index (χ1) is 18.0. The summed E-state index contributed by atoms with van der Waals surface area (Å²) in [6.07, 6.45) is 5.67. The number of ether oxygens (including phenoxy) is 2. The largest absolute Gasteiger partial charge is 0.461 e. The number of nitrogens with zero attached hydrogens (tertiary/aromatic N) is 3. The molecule has 38 heavy (non-hydrogen) atoms. The van der Waals surface area contributed by atoms with Crippen molar-refractivity contribution in [2.75, 3.05) is 19.8 Å². The van der Waals surface area contributed by atoms with Crippen molar-refractivity contribution < 1.29 is 18.7 Å². The summed E-state index contributed by atoms with van der Waals surface area (Å²) in [5.74, 6) is -0.280. The molecule has 1 aliphatic heterocycles. The topological polar surface area (TPSA) is 67.5 Å². The number of benzene rings is 1. The Labute approximate surface area is 227 Å². The molecule has 0 aliphatic carbocycles. The van der Waals surface area contributed by atoms with Crippen LogP contribution in [-0.4, -0.2) is 48.5 Å². The van der Waals surface area contributed by atoms with E-state index in [-0.39, 0.29) is 11.0 Å². The van der Waals surface area contributed by atoms with E-state index in [0.717, 1.165) is 51.8 Å². The molecule has 3 heterocycles. The van der Waals surface area contributed by atoms with Gasteiger partial charge in [-0.15, -0.1) is 0 Å². The second-order valence-corrected chi connectivity index (χ2v) is 16.4. The molecule has 0 unspecified atom stereocenters. The highest BCUT2D eigenvalue weighted by molar-refractivity contribution is 6.74. The molecular formula is C30H43N3O4Si. The molecule has 1 aliphatic rings. The van der Waals surface area contributed by atoms with Gasteiger partial charge in [-0.25, -0.2) is 4.79 Å². The maximum Gasteiger partial charge on any atom is 0.355 e. The number of esters is 1. The Morgan fingerprint density at radius 2 is 1.97 bits per heavy atom. The van der Waals surface area contributed by atoms with Gasteiger partial charge in [0.1, 0.15) is 5.69 Å². The summed E-state index contributed by atoms with van der Waals surface area (Å²) in [7, 11) is 0.115. The van der Waals surface area contributed by atoms with Crippen LogP contribution in [0.4, 0.5) is 0 Å². The number of rotatable bonds is 7. The average Bonchev–Trinajstić information content (AvgIpc) is 3.29. The lowest BCUT2D eigenvalue weighted by atomic mass is 9.98. The van der Waals surface area contributed by atoms with Crippen molar-refractivity contribution in [2.45, 2.75) is 78.7 Å². The SMILES string of the molecule is CCOC(=O)c1c(CCCO[Si](C)(C)C(C)(C)C)c2cccc3c2n1C/C=C\COCc1c-3c(C)nn1C. The molecule has 0 amide bonds. The van der Waals surface area contributed by atoms with Gasteiger partial charge in [-0.1, -0.05) is 51.1 Å². The summed E-state index contributed by atoms with van der Waals surface area (Å²) in [6.45, 7) is 17.8. The van der Waals surface area contributed by atoms with Crippen LogP contribution >= 0.6 is 0 Å². The van der Waals surface area contributed by atoms with E-state index in [1.54, 1.807) is 0 Å². The van der Waals surface area contributed by atoms with Gasteiger partial charge < -0.3 is 18.5 Å². The summed E-state index contributed by atoms with van der Waals surface area (Å²) < 4.78 is 22.1. The second-order valence-electron chi connectivity index (χ2n) is 11.6. The number of allylic oxidation sites excluding steroid dienone is 1. The Hall–Kier alpha value is -2.68. The number of hydrogen-bond donors (Lipinski definition) is 0. The van der Waals surface area contributed by atoms with E-state index in [1.165, 1.54) is 0 Å². The molecule has 0 N–H and O–H groups in total. The van der Waals surface area contributed by atoms with Gasteiger partial charge in [-0.3, -0.25) is 4.68 Å². The van der Waals surface area contributed by atoms with Crippen LogP contribution in [0.3, 0.4) is 0 Å². The van der Waals surface area contributed by atoms with Gasteiger partial charge >= 0.3 is 5.97 Å². The van der Waals surface area contributed by atoms with Gasteiger partial charge in [0.2, 0.25) is 0 Å². The van der Waals surface area contributed by atoms with Crippen LogP contribution in [0.2, 0.25) is 18.1 Å². The van der Waals surface area contributed by atoms with Crippen molar-refractivity contribution in [1.82, 2.24) is 14.3 Å². The molecule has 0 bridgehead atoms. The first-order valence-corrected chi connectivity index (χ1v) is 16.6. The lowest BCUT2D eigenvalue weighted by molar-refractivity contribution is 0.0513. The quantitative estimate of drug-likeness (QED) is 0.148. The Morgan fingerprint density at radius 1 is 1.21 bits per heavy atom. The second kappa shape index (κ2) is 11.2. The molecule has 0 radical (unpaired) electrons. The van der Waals surface area contributed by atoms with Gasteiger partial charge in [0.25, 0.3) is 0 Å². The van der Waals surface area contributed by atoms with Crippen LogP contribution in [0.25, 0.3) is 22.0 Å².